The maximum Gasteiger partial charge on any atom is 0.416 e. The van der Waals surface area contributed by atoms with Gasteiger partial charge in [-0.15, -0.1) is 0 Å². The summed E-state index contributed by atoms with van der Waals surface area (Å²) in [5, 5.41) is 0. The van der Waals surface area contributed by atoms with Gasteiger partial charge in [-0.3, -0.25) is 4.79 Å². The van der Waals surface area contributed by atoms with Gasteiger partial charge < -0.3 is 14.2 Å². The lowest BCUT2D eigenvalue weighted by Crippen LogP contribution is -2.32. The number of carbonyl (C=O) groups is 1. The Labute approximate surface area is 155 Å². The molecule has 0 heterocycles. The second-order valence-electron chi connectivity index (χ2n) is 6.44. The molecule has 2 aromatic carbocycles. The minimum absolute atomic E-state index is 0.102. The molecule has 0 amide bonds. The van der Waals surface area contributed by atoms with E-state index >= 15 is 0 Å². The molecule has 0 aliphatic heterocycles. The fraction of sp³-hybridized carbons (Fsp3) is 0.350. The van der Waals surface area contributed by atoms with Crippen LogP contribution in [0, 0.1) is 0 Å². The van der Waals surface area contributed by atoms with Crippen LogP contribution >= 0.6 is 0 Å². The van der Waals surface area contributed by atoms with Crippen molar-refractivity contribution in [3.63, 3.8) is 0 Å². The predicted molar refractivity (Wildman–Crippen MR) is 93.9 cm³/mol. The monoisotopic (exact) mass is 382 g/mol. The van der Waals surface area contributed by atoms with Crippen molar-refractivity contribution >= 4 is 5.97 Å². The molecule has 0 aromatic heterocycles. The number of halogens is 3. The number of hydrogen-bond donors (Lipinski definition) is 0. The van der Waals surface area contributed by atoms with E-state index in [-0.39, 0.29) is 12.4 Å². The smallest absolute Gasteiger partial charge is 0.416 e. The van der Waals surface area contributed by atoms with Gasteiger partial charge in [0.15, 0.2) is 0 Å². The lowest BCUT2D eigenvalue weighted by molar-refractivity contribution is -0.146. The van der Waals surface area contributed by atoms with Crippen LogP contribution in [0.25, 0.3) is 0 Å². The van der Waals surface area contributed by atoms with Crippen LogP contribution in [0.15, 0.2) is 48.5 Å². The highest BCUT2D eigenvalue weighted by molar-refractivity contribution is 5.70. The molecule has 0 fully saturated rings. The topological polar surface area (TPSA) is 44.8 Å². The zero-order valence-electron chi connectivity index (χ0n) is 15.3. The first kappa shape index (κ1) is 20.6. The number of benzene rings is 2. The van der Waals surface area contributed by atoms with Gasteiger partial charge in [-0.1, -0.05) is 0 Å². The Morgan fingerprint density at radius 2 is 1.37 bits per heavy atom. The molecule has 0 radical (unpaired) electrons. The van der Waals surface area contributed by atoms with Crippen LogP contribution in [-0.4, -0.2) is 18.2 Å². The molecule has 0 aliphatic carbocycles. The maximum atomic E-state index is 12.6. The Hall–Kier alpha value is -2.70. The maximum absolute atomic E-state index is 12.6. The van der Waals surface area contributed by atoms with E-state index in [2.05, 4.69) is 0 Å². The SMILES string of the molecule is CCOC(=O)CC(C)(C)Oc1ccc(Oc2ccc(C(F)(F)F)cc2)cc1. The van der Waals surface area contributed by atoms with E-state index in [0.717, 1.165) is 12.1 Å². The van der Waals surface area contributed by atoms with Gasteiger partial charge in [0.1, 0.15) is 22.8 Å². The van der Waals surface area contributed by atoms with E-state index in [1.54, 1.807) is 45.0 Å². The normalized spacial score (nSPS) is 11.8. The molecule has 146 valence electrons. The number of alkyl halides is 3. The van der Waals surface area contributed by atoms with Crippen LogP contribution in [0.4, 0.5) is 13.2 Å². The van der Waals surface area contributed by atoms with Gasteiger partial charge in [-0.05, 0) is 69.3 Å². The minimum atomic E-state index is -4.38. The van der Waals surface area contributed by atoms with Crippen molar-refractivity contribution in [3.05, 3.63) is 54.1 Å². The van der Waals surface area contributed by atoms with Crippen molar-refractivity contribution in [2.75, 3.05) is 6.61 Å². The molecule has 0 bridgehead atoms. The van der Waals surface area contributed by atoms with Gasteiger partial charge in [0.05, 0.1) is 18.6 Å². The molecule has 0 N–H and O–H groups in total. The summed E-state index contributed by atoms with van der Waals surface area (Å²) < 4.78 is 53.9. The van der Waals surface area contributed by atoms with E-state index in [1.165, 1.54) is 12.1 Å². The molecule has 7 heteroatoms. The molecule has 0 aliphatic rings. The molecular formula is C20H21F3O4. The first-order valence-electron chi connectivity index (χ1n) is 8.39. The average Bonchev–Trinajstić information content (AvgIpc) is 2.55. The fourth-order valence-corrected chi connectivity index (χ4v) is 2.34. The molecule has 0 atom stereocenters. The van der Waals surface area contributed by atoms with Crippen LogP contribution in [-0.2, 0) is 15.7 Å². The number of esters is 1. The van der Waals surface area contributed by atoms with E-state index in [1.807, 2.05) is 0 Å². The third kappa shape index (κ3) is 6.51. The van der Waals surface area contributed by atoms with Crippen molar-refractivity contribution in [2.24, 2.45) is 0 Å². The number of ether oxygens (including phenoxy) is 3. The second kappa shape index (κ2) is 8.33. The molecule has 0 spiro atoms. The van der Waals surface area contributed by atoms with Crippen molar-refractivity contribution < 1.29 is 32.2 Å². The summed E-state index contributed by atoms with van der Waals surface area (Å²) in [6, 6.07) is 11.0. The Kier molecular flexibility index (Phi) is 6.36. The highest BCUT2D eigenvalue weighted by Gasteiger charge is 2.30. The average molecular weight is 382 g/mol. The fourth-order valence-electron chi connectivity index (χ4n) is 2.34. The molecular weight excluding hydrogens is 361 g/mol. The van der Waals surface area contributed by atoms with Gasteiger partial charge >= 0.3 is 12.1 Å². The first-order valence-corrected chi connectivity index (χ1v) is 8.39. The number of hydrogen-bond acceptors (Lipinski definition) is 4. The summed E-state index contributed by atoms with van der Waals surface area (Å²) in [5.41, 5.74) is -1.48. The third-order valence-corrected chi connectivity index (χ3v) is 3.51. The zero-order valence-corrected chi connectivity index (χ0v) is 15.3. The molecule has 27 heavy (non-hydrogen) atoms. The highest BCUT2D eigenvalue weighted by Crippen LogP contribution is 2.32. The van der Waals surface area contributed by atoms with Crippen LogP contribution in [0.1, 0.15) is 32.8 Å². The van der Waals surface area contributed by atoms with Crippen LogP contribution in [0.5, 0.6) is 17.2 Å². The largest absolute Gasteiger partial charge is 0.487 e. The first-order chi connectivity index (χ1) is 12.6. The van der Waals surface area contributed by atoms with Crippen LogP contribution in [0.2, 0.25) is 0 Å². The molecule has 2 rings (SSSR count). The van der Waals surface area contributed by atoms with Gasteiger partial charge in [0, 0.05) is 0 Å². The van der Waals surface area contributed by atoms with Crippen molar-refractivity contribution in [3.8, 4) is 17.2 Å². The van der Waals surface area contributed by atoms with Crippen molar-refractivity contribution in [1.29, 1.82) is 0 Å². The van der Waals surface area contributed by atoms with E-state index in [0.29, 0.717) is 23.9 Å². The Bertz CT molecular complexity index is 750. The van der Waals surface area contributed by atoms with E-state index < -0.39 is 17.3 Å². The van der Waals surface area contributed by atoms with Crippen LogP contribution < -0.4 is 9.47 Å². The summed E-state index contributed by atoms with van der Waals surface area (Å²) in [4.78, 5) is 11.6. The third-order valence-electron chi connectivity index (χ3n) is 3.51. The lowest BCUT2D eigenvalue weighted by Gasteiger charge is -2.25. The summed E-state index contributed by atoms with van der Waals surface area (Å²) in [6.07, 6.45) is -4.28. The molecule has 0 saturated heterocycles. The zero-order chi connectivity index (χ0) is 20.1. The van der Waals surface area contributed by atoms with Crippen molar-refractivity contribution in [2.45, 2.75) is 39.0 Å². The quantitative estimate of drug-likeness (QED) is 0.584. The van der Waals surface area contributed by atoms with E-state index in [9.17, 15) is 18.0 Å². The molecule has 4 nitrogen and oxygen atoms in total. The number of rotatable bonds is 7. The summed E-state index contributed by atoms with van der Waals surface area (Å²) >= 11 is 0. The number of carbonyl (C=O) groups excluding carboxylic acids is 1. The van der Waals surface area contributed by atoms with Crippen LogP contribution in [0.3, 0.4) is 0 Å². The van der Waals surface area contributed by atoms with Gasteiger partial charge in [-0.2, -0.15) is 13.2 Å². The van der Waals surface area contributed by atoms with Crippen molar-refractivity contribution in [1.82, 2.24) is 0 Å². The summed E-state index contributed by atoms with van der Waals surface area (Å²) in [6.45, 7) is 5.60. The second-order valence-corrected chi connectivity index (χ2v) is 6.44. The van der Waals surface area contributed by atoms with E-state index in [4.69, 9.17) is 14.2 Å². The Morgan fingerprint density at radius 1 is 0.889 bits per heavy atom. The lowest BCUT2D eigenvalue weighted by atomic mass is 10.1. The molecule has 0 saturated carbocycles. The molecule has 2 aromatic rings. The minimum Gasteiger partial charge on any atom is -0.487 e. The Balaban J connectivity index is 1.97. The summed E-state index contributed by atoms with van der Waals surface area (Å²) in [7, 11) is 0. The van der Waals surface area contributed by atoms with Gasteiger partial charge in [0.25, 0.3) is 0 Å². The standard InChI is InChI=1S/C20H21F3O4/c1-4-25-18(24)13-19(2,3)27-17-11-9-16(10-12-17)26-15-7-5-14(6-8-15)20(21,22)23/h5-12H,4,13H2,1-3H3. The van der Waals surface area contributed by atoms with Gasteiger partial charge in [-0.25, -0.2) is 0 Å². The highest BCUT2D eigenvalue weighted by atomic mass is 19.4. The van der Waals surface area contributed by atoms with Gasteiger partial charge in [0.2, 0.25) is 0 Å². The summed E-state index contributed by atoms with van der Waals surface area (Å²) in [5.74, 6) is 0.929. The Morgan fingerprint density at radius 3 is 1.85 bits per heavy atom. The predicted octanol–water partition coefficient (Wildman–Crippen LogP) is 5.61. The molecule has 0 unspecified atom stereocenters.